The minimum absolute atomic E-state index is 0.0676. The number of nitrogens with two attached hydrogens (primary N) is 1. The van der Waals surface area contributed by atoms with Crippen molar-refractivity contribution in [2.45, 2.75) is 37.8 Å². The zero-order valence-corrected chi connectivity index (χ0v) is 13.8. The fourth-order valence-electron chi connectivity index (χ4n) is 3.14. The van der Waals surface area contributed by atoms with E-state index in [0.717, 1.165) is 11.3 Å². The van der Waals surface area contributed by atoms with Crippen molar-refractivity contribution in [3.05, 3.63) is 29.8 Å². The first kappa shape index (κ1) is 15.8. The van der Waals surface area contributed by atoms with E-state index in [1.54, 1.807) is 12.0 Å². The summed E-state index contributed by atoms with van der Waals surface area (Å²) in [6, 6.07) is 7.78. The number of ether oxygens (including phenoxy) is 1. The zero-order chi connectivity index (χ0) is 16.6. The molecule has 2 unspecified atom stereocenters. The van der Waals surface area contributed by atoms with Crippen molar-refractivity contribution >= 4 is 11.6 Å². The molecule has 6 heteroatoms. The summed E-state index contributed by atoms with van der Waals surface area (Å²) < 4.78 is 5.18. The van der Waals surface area contributed by atoms with Crippen molar-refractivity contribution in [3.63, 3.8) is 0 Å². The van der Waals surface area contributed by atoms with E-state index in [9.17, 15) is 4.79 Å². The van der Waals surface area contributed by atoms with Crippen LogP contribution in [-0.4, -0.2) is 48.4 Å². The Morgan fingerprint density at radius 1 is 1.35 bits per heavy atom. The summed E-state index contributed by atoms with van der Waals surface area (Å²) in [6.07, 6.45) is 0.533. The van der Waals surface area contributed by atoms with E-state index in [0.29, 0.717) is 25.2 Å². The van der Waals surface area contributed by atoms with Gasteiger partial charge >= 0.3 is 0 Å². The number of benzene rings is 1. The zero-order valence-electron chi connectivity index (χ0n) is 13.8. The molecule has 6 nitrogen and oxygen atoms in total. The Hall–Kier alpha value is -2.08. The number of likely N-dealkylation sites (tertiary alicyclic amines) is 1. The molecule has 2 atom stereocenters. The highest BCUT2D eigenvalue weighted by Gasteiger charge is 2.39. The number of hydrogen-bond acceptors (Lipinski definition) is 5. The lowest BCUT2D eigenvalue weighted by atomic mass is 9.95. The van der Waals surface area contributed by atoms with Gasteiger partial charge in [0, 0.05) is 31.5 Å². The molecule has 0 bridgehead atoms. The molecule has 2 heterocycles. The summed E-state index contributed by atoms with van der Waals surface area (Å²) in [6.45, 7) is 4.99. The third kappa shape index (κ3) is 3.17. The summed E-state index contributed by atoms with van der Waals surface area (Å²) in [5.74, 6) is 0.871. The number of carbonyl (C=O) groups excluding carboxylic acids is 1. The van der Waals surface area contributed by atoms with E-state index in [1.807, 2.05) is 38.1 Å². The first-order chi connectivity index (χ1) is 10.9. The van der Waals surface area contributed by atoms with Gasteiger partial charge in [-0.3, -0.25) is 4.79 Å². The molecular formula is C17H23N3O3. The minimum atomic E-state index is -0.401. The van der Waals surface area contributed by atoms with Gasteiger partial charge in [0.25, 0.3) is 5.91 Å². The van der Waals surface area contributed by atoms with Crippen LogP contribution < -0.4 is 10.5 Å². The number of methoxy groups -OCH3 is 1. The van der Waals surface area contributed by atoms with Crippen molar-refractivity contribution in [2.75, 3.05) is 20.2 Å². The molecular weight excluding hydrogens is 294 g/mol. The highest BCUT2D eigenvalue weighted by Crippen LogP contribution is 2.30. The number of nitrogens with zero attached hydrogens (tertiary/aromatic N) is 2. The van der Waals surface area contributed by atoms with Crippen LogP contribution in [0.2, 0.25) is 0 Å². The summed E-state index contributed by atoms with van der Waals surface area (Å²) in [5.41, 5.74) is 7.47. The number of oxime groups is 1. The Morgan fingerprint density at radius 2 is 2.04 bits per heavy atom. The van der Waals surface area contributed by atoms with Gasteiger partial charge in [-0.25, -0.2) is 0 Å². The quantitative estimate of drug-likeness (QED) is 0.916. The SMILES string of the molecule is COc1ccc(C2CN(C(=O)C3=NOC(C)(C)C3)CC2N)cc1. The highest BCUT2D eigenvalue weighted by molar-refractivity contribution is 6.39. The molecule has 1 aromatic rings. The van der Waals surface area contributed by atoms with Gasteiger partial charge < -0.3 is 20.2 Å². The molecule has 0 spiro atoms. The Balaban J connectivity index is 1.69. The lowest BCUT2D eigenvalue weighted by Crippen LogP contribution is -2.37. The van der Waals surface area contributed by atoms with Gasteiger partial charge in [0.05, 0.1) is 7.11 Å². The molecule has 1 saturated heterocycles. The third-order valence-corrected chi connectivity index (χ3v) is 4.44. The van der Waals surface area contributed by atoms with Crippen LogP contribution in [0.3, 0.4) is 0 Å². The molecule has 3 rings (SSSR count). The van der Waals surface area contributed by atoms with E-state index in [2.05, 4.69) is 5.16 Å². The van der Waals surface area contributed by atoms with E-state index in [1.165, 1.54) is 0 Å². The van der Waals surface area contributed by atoms with Crippen LogP contribution in [0, 0.1) is 0 Å². The molecule has 0 radical (unpaired) electrons. The van der Waals surface area contributed by atoms with Gasteiger partial charge in [0.15, 0.2) is 0 Å². The molecule has 0 aromatic heterocycles. The summed E-state index contributed by atoms with van der Waals surface area (Å²) in [4.78, 5) is 19.7. The average Bonchev–Trinajstić information content (AvgIpc) is 3.09. The highest BCUT2D eigenvalue weighted by atomic mass is 16.7. The van der Waals surface area contributed by atoms with Crippen molar-refractivity contribution < 1.29 is 14.4 Å². The van der Waals surface area contributed by atoms with Gasteiger partial charge in [-0.05, 0) is 31.5 Å². The molecule has 2 aliphatic heterocycles. The first-order valence-corrected chi connectivity index (χ1v) is 7.83. The molecule has 23 heavy (non-hydrogen) atoms. The average molecular weight is 317 g/mol. The van der Waals surface area contributed by atoms with Gasteiger partial charge in [0.1, 0.15) is 17.1 Å². The lowest BCUT2D eigenvalue weighted by Gasteiger charge is -2.17. The second-order valence-corrected chi connectivity index (χ2v) is 6.82. The van der Waals surface area contributed by atoms with E-state index >= 15 is 0 Å². The predicted octanol–water partition coefficient (Wildman–Crippen LogP) is 1.50. The Labute approximate surface area is 136 Å². The molecule has 124 valence electrons. The summed E-state index contributed by atoms with van der Waals surface area (Å²) in [7, 11) is 1.64. The van der Waals surface area contributed by atoms with Crippen molar-refractivity contribution in [1.82, 2.24) is 4.90 Å². The Morgan fingerprint density at radius 3 is 2.61 bits per heavy atom. The van der Waals surface area contributed by atoms with Crippen LogP contribution in [0.15, 0.2) is 29.4 Å². The molecule has 0 aliphatic carbocycles. The number of hydrogen-bond donors (Lipinski definition) is 1. The fourth-order valence-corrected chi connectivity index (χ4v) is 3.14. The smallest absolute Gasteiger partial charge is 0.271 e. The van der Waals surface area contributed by atoms with Gasteiger partial charge in [0.2, 0.25) is 0 Å². The molecule has 1 aromatic carbocycles. The van der Waals surface area contributed by atoms with Crippen LogP contribution in [-0.2, 0) is 9.63 Å². The maximum absolute atomic E-state index is 12.6. The van der Waals surface area contributed by atoms with Crippen LogP contribution in [0.5, 0.6) is 5.75 Å². The normalized spacial score (nSPS) is 25.9. The molecule has 0 saturated carbocycles. The van der Waals surface area contributed by atoms with Gasteiger partial charge in [-0.1, -0.05) is 17.3 Å². The van der Waals surface area contributed by atoms with Crippen molar-refractivity contribution in [1.29, 1.82) is 0 Å². The van der Waals surface area contributed by atoms with E-state index in [-0.39, 0.29) is 17.9 Å². The number of carbonyl (C=O) groups is 1. The topological polar surface area (TPSA) is 77.1 Å². The third-order valence-electron chi connectivity index (χ3n) is 4.44. The van der Waals surface area contributed by atoms with Gasteiger partial charge in [-0.15, -0.1) is 0 Å². The molecule has 2 N–H and O–H groups in total. The van der Waals surface area contributed by atoms with Crippen LogP contribution in [0.4, 0.5) is 0 Å². The summed E-state index contributed by atoms with van der Waals surface area (Å²) >= 11 is 0. The summed E-state index contributed by atoms with van der Waals surface area (Å²) in [5, 5.41) is 3.95. The second kappa shape index (κ2) is 5.85. The Kier molecular flexibility index (Phi) is 4.02. The Bertz CT molecular complexity index is 624. The van der Waals surface area contributed by atoms with E-state index < -0.39 is 5.60 Å². The number of rotatable bonds is 3. The second-order valence-electron chi connectivity index (χ2n) is 6.82. The monoisotopic (exact) mass is 317 g/mol. The van der Waals surface area contributed by atoms with Gasteiger partial charge in [-0.2, -0.15) is 0 Å². The van der Waals surface area contributed by atoms with Crippen molar-refractivity contribution in [3.8, 4) is 5.75 Å². The van der Waals surface area contributed by atoms with E-state index in [4.69, 9.17) is 15.3 Å². The maximum Gasteiger partial charge on any atom is 0.271 e. The molecule has 1 fully saturated rings. The largest absolute Gasteiger partial charge is 0.497 e. The standard InChI is InChI=1S/C17H23N3O3/c1-17(2)8-15(19-23-17)16(21)20-9-13(14(18)10-20)11-4-6-12(22-3)7-5-11/h4-7,13-14H,8-10,18H2,1-3H3. The van der Waals surface area contributed by atoms with Crippen LogP contribution >= 0.6 is 0 Å². The van der Waals surface area contributed by atoms with Crippen LogP contribution in [0.1, 0.15) is 31.7 Å². The molecule has 2 aliphatic rings. The lowest BCUT2D eigenvalue weighted by molar-refractivity contribution is -0.123. The fraction of sp³-hybridized carbons (Fsp3) is 0.529. The predicted molar refractivity (Wildman–Crippen MR) is 87.5 cm³/mol. The first-order valence-electron chi connectivity index (χ1n) is 7.83. The minimum Gasteiger partial charge on any atom is -0.497 e. The number of amides is 1. The van der Waals surface area contributed by atoms with Crippen molar-refractivity contribution in [2.24, 2.45) is 10.9 Å². The maximum atomic E-state index is 12.6. The van der Waals surface area contributed by atoms with Crippen LogP contribution in [0.25, 0.3) is 0 Å². The molecule has 1 amide bonds.